The van der Waals surface area contributed by atoms with E-state index in [1.165, 1.54) is 0 Å². The fourth-order valence-electron chi connectivity index (χ4n) is 2.82. The lowest BCUT2D eigenvalue weighted by Crippen LogP contribution is -1.90. The Morgan fingerprint density at radius 1 is 0.600 bits per heavy atom. The first-order chi connectivity index (χ1) is 12.3. The minimum atomic E-state index is 0.873. The van der Waals surface area contributed by atoms with Gasteiger partial charge in [0.2, 0.25) is 0 Å². The van der Waals surface area contributed by atoms with Crippen molar-refractivity contribution >= 4 is 12.6 Å². The number of hydrogen-bond acceptors (Lipinski definition) is 3. The van der Waals surface area contributed by atoms with Crippen LogP contribution in [-0.4, -0.2) is 9.97 Å². The molecular weight excluding hydrogens is 324 g/mol. The summed E-state index contributed by atoms with van der Waals surface area (Å²) in [5.74, 6) is 0. The highest BCUT2D eigenvalue weighted by atomic mass is 32.1. The van der Waals surface area contributed by atoms with Crippen LogP contribution in [0.2, 0.25) is 0 Å². The van der Waals surface area contributed by atoms with Crippen LogP contribution in [-0.2, 0) is 0 Å². The lowest BCUT2D eigenvalue weighted by atomic mass is 10.0. The van der Waals surface area contributed by atoms with Crippen molar-refractivity contribution in [3.8, 4) is 33.8 Å². The monoisotopic (exact) mass is 340 g/mol. The molecule has 4 rings (SSSR count). The number of pyridine rings is 2. The highest BCUT2D eigenvalue weighted by Crippen LogP contribution is 2.30. The van der Waals surface area contributed by atoms with E-state index in [-0.39, 0.29) is 0 Å². The molecule has 0 spiro atoms. The first kappa shape index (κ1) is 15.6. The van der Waals surface area contributed by atoms with E-state index in [0.29, 0.717) is 0 Å². The second-order valence-corrected chi connectivity index (χ2v) is 6.20. The Morgan fingerprint density at radius 2 is 1.32 bits per heavy atom. The van der Waals surface area contributed by atoms with E-state index < -0.39 is 0 Å². The van der Waals surface area contributed by atoms with Gasteiger partial charge in [0.05, 0.1) is 17.1 Å². The van der Waals surface area contributed by atoms with E-state index in [4.69, 9.17) is 4.98 Å². The molecule has 0 aliphatic carbocycles. The molecule has 0 saturated carbocycles. The molecule has 0 aliphatic rings. The fraction of sp³-hybridized carbons (Fsp3) is 0. The van der Waals surface area contributed by atoms with E-state index in [2.05, 4.69) is 47.9 Å². The van der Waals surface area contributed by atoms with E-state index in [9.17, 15) is 0 Å². The van der Waals surface area contributed by atoms with Crippen LogP contribution in [0, 0.1) is 0 Å². The third-order valence-electron chi connectivity index (χ3n) is 4.05. The number of thiol groups is 1. The van der Waals surface area contributed by atoms with E-state index in [1.807, 2.05) is 54.6 Å². The van der Waals surface area contributed by atoms with Gasteiger partial charge in [0.15, 0.2) is 0 Å². The average Bonchev–Trinajstić information content (AvgIpc) is 2.69. The number of hydrogen-bond donors (Lipinski definition) is 1. The largest absolute Gasteiger partial charge is 0.255 e. The van der Waals surface area contributed by atoms with E-state index >= 15 is 0 Å². The second-order valence-electron chi connectivity index (χ2n) is 5.72. The molecule has 2 heterocycles. The van der Waals surface area contributed by atoms with Crippen molar-refractivity contribution < 1.29 is 0 Å². The third-order valence-corrected chi connectivity index (χ3v) is 4.44. The van der Waals surface area contributed by atoms with Gasteiger partial charge in [-0.2, -0.15) is 0 Å². The second kappa shape index (κ2) is 6.91. The SMILES string of the molecule is Sc1ccccc1-c1cccc(-c2cccc(-c3ccccn3)n2)c1. The number of nitrogens with zero attached hydrogens (tertiary/aromatic N) is 2. The molecule has 25 heavy (non-hydrogen) atoms. The molecule has 3 heteroatoms. The minimum absolute atomic E-state index is 0.873. The summed E-state index contributed by atoms with van der Waals surface area (Å²) < 4.78 is 0. The van der Waals surface area contributed by atoms with Crippen molar-refractivity contribution in [2.24, 2.45) is 0 Å². The number of benzene rings is 2. The Balaban J connectivity index is 1.76. The maximum atomic E-state index is 4.79. The maximum absolute atomic E-state index is 4.79. The normalized spacial score (nSPS) is 10.6. The first-order valence-corrected chi connectivity index (χ1v) is 8.53. The summed E-state index contributed by atoms with van der Waals surface area (Å²) in [4.78, 5) is 10.1. The molecule has 0 amide bonds. The molecule has 0 unspecified atom stereocenters. The van der Waals surface area contributed by atoms with Crippen LogP contribution < -0.4 is 0 Å². The molecule has 0 atom stereocenters. The standard InChI is InChI=1S/C22H16N2S/c25-22-13-2-1-9-18(22)16-7-5-8-17(15-16)19-11-6-12-21(24-19)20-10-3-4-14-23-20/h1-15,25H. The predicted molar refractivity (Wildman–Crippen MR) is 106 cm³/mol. The van der Waals surface area contributed by atoms with E-state index in [0.717, 1.165) is 38.7 Å². The topological polar surface area (TPSA) is 25.8 Å². The summed E-state index contributed by atoms with van der Waals surface area (Å²) in [6.07, 6.45) is 1.79. The Kier molecular flexibility index (Phi) is 4.32. The van der Waals surface area contributed by atoms with Gasteiger partial charge in [-0.1, -0.05) is 48.5 Å². The highest BCUT2D eigenvalue weighted by Gasteiger charge is 2.07. The van der Waals surface area contributed by atoms with Crippen LogP contribution in [0.4, 0.5) is 0 Å². The molecule has 0 radical (unpaired) electrons. The summed E-state index contributed by atoms with van der Waals surface area (Å²) in [5.41, 5.74) is 6.01. The maximum Gasteiger partial charge on any atom is 0.0893 e. The molecule has 0 bridgehead atoms. The number of rotatable bonds is 3. The Bertz CT molecular complexity index is 1010. The molecule has 0 N–H and O–H groups in total. The van der Waals surface area contributed by atoms with Crippen LogP contribution in [0.5, 0.6) is 0 Å². The van der Waals surface area contributed by atoms with Gasteiger partial charge in [-0.15, -0.1) is 12.6 Å². The van der Waals surface area contributed by atoms with Crippen LogP contribution in [0.15, 0.2) is 96.0 Å². The van der Waals surface area contributed by atoms with Gasteiger partial charge in [-0.3, -0.25) is 4.98 Å². The van der Waals surface area contributed by atoms with Crippen LogP contribution >= 0.6 is 12.6 Å². The van der Waals surface area contributed by atoms with Crippen molar-refractivity contribution in [3.63, 3.8) is 0 Å². The van der Waals surface area contributed by atoms with Crippen molar-refractivity contribution in [1.82, 2.24) is 9.97 Å². The van der Waals surface area contributed by atoms with E-state index in [1.54, 1.807) is 6.20 Å². The molecule has 0 fully saturated rings. The number of aromatic nitrogens is 2. The van der Waals surface area contributed by atoms with Crippen molar-refractivity contribution in [3.05, 3.63) is 91.1 Å². The van der Waals surface area contributed by atoms with Gasteiger partial charge in [0.1, 0.15) is 0 Å². The molecule has 0 saturated heterocycles. The zero-order valence-corrected chi connectivity index (χ0v) is 14.4. The molecule has 2 nitrogen and oxygen atoms in total. The highest BCUT2D eigenvalue weighted by molar-refractivity contribution is 7.80. The lowest BCUT2D eigenvalue weighted by molar-refractivity contribution is 1.25. The zero-order chi connectivity index (χ0) is 17.1. The van der Waals surface area contributed by atoms with Gasteiger partial charge in [0.25, 0.3) is 0 Å². The summed E-state index contributed by atoms with van der Waals surface area (Å²) in [7, 11) is 0. The van der Waals surface area contributed by atoms with Gasteiger partial charge in [-0.05, 0) is 47.5 Å². The predicted octanol–water partition coefficient (Wildman–Crippen LogP) is 5.77. The third kappa shape index (κ3) is 3.32. The molecular formula is C22H16N2S. The van der Waals surface area contributed by atoms with Gasteiger partial charge in [0, 0.05) is 16.7 Å². The van der Waals surface area contributed by atoms with Crippen LogP contribution in [0.3, 0.4) is 0 Å². The lowest BCUT2D eigenvalue weighted by Gasteiger charge is -2.08. The van der Waals surface area contributed by atoms with Crippen molar-refractivity contribution in [2.75, 3.05) is 0 Å². The van der Waals surface area contributed by atoms with Crippen molar-refractivity contribution in [2.45, 2.75) is 4.90 Å². The molecule has 4 aromatic rings. The van der Waals surface area contributed by atoms with Crippen LogP contribution in [0.25, 0.3) is 33.8 Å². The van der Waals surface area contributed by atoms with Gasteiger partial charge in [-0.25, -0.2) is 4.98 Å². The van der Waals surface area contributed by atoms with Crippen LogP contribution in [0.1, 0.15) is 0 Å². The first-order valence-electron chi connectivity index (χ1n) is 8.08. The minimum Gasteiger partial charge on any atom is -0.255 e. The summed E-state index contributed by atoms with van der Waals surface area (Å²) in [6, 6.07) is 28.4. The molecule has 2 aromatic heterocycles. The quantitative estimate of drug-likeness (QED) is 0.479. The Morgan fingerprint density at radius 3 is 2.16 bits per heavy atom. The average molecular weight is 340 g/mol. The molecule has 2 aromatic carbocycles. The summed E-state index contributed by atoms with van der Waals surface area (Å²) in [6.45, 7) is 0. The molecule has 120 valence electrons. The molecule has 0 aliphatic heterocycles. The van der Waals surface area contributed by atoms with Crippen molar-refractivity contribution in [1.29, 1.82) is 0 Å². The summed E-state index contributed by atoms with van der Waals surface area (Å²) in [5, 5.41) is 0. The Hall–Kier alpha value is -2.91. The van der Waals surface area contributed by atoms with Gasteiger partial charge >= 0.3 is 0 Å². The zero-order valence-electron chi connectivity index (χ0n) is 13.5. The smallest absolute Gasteiger partial charge is 0.0893 e. The fourth-order valence-corrected chi connectivity index (χ4v) is 3.11. The summed E-state index contributed by atoms with van der Waals surface area (Å²) >= 11 is 4.57. The van der Waals surface area contributed by atoms with Gasteiger partial charge < -0.3 is 0 Å². The Labute approximate surface area is 152 Å².